The molecule has 3 rings (SSSR count). The van der Waals surface area contributed by atoms with Crippen LogP contribution >= 0.6 is 0 Å². The van der Waals surface area contributed by atoms with E-state index in [2.05, 4.69) is 23.1 Å². The Morgan fingerprint density at radius 3 is 2.79 bits per heavy atom. The largest absolute Gasteiger partial charge is 0.369 e. The van der Waals surface area contributed by atoms with Gasteiger partial charge in [0.25, 0.3) is 0 Å². The summed E-state index contributed by atoms with van der Waals surface area (Å²) < 4.78 is 0. The van der Waals surface area contributed by atoms with Crippen LogP contribution < -0.4 is 5.73 Å². The van der Waals surface area contributed by atoms with E-state index < -0.39 is 0 Å². The van der Waals surface area contributed by atoms with E-state index in [1.807, 2.05) is 0 Å². The van der Waals surface area contributed by atoms with Crippen molar-refractivity contribution in [2.75, 3.05) is 13.1 Å². The molecule has 1 unspecified atom stereocenters. The van der Waals surface area contributed by atoms with Gasteiger partial charge in [0.05, 0.1) is 0 Å². The zero-order chi connectivity index (χ0) is 13.2. The Bertz CT molecular complexity index is 478. The molecule has 1 saturated heterocycles. The van der Waals surface area contributed by atoms with Gasteiger partial charge in [0, 0.05) is 12.5 Å². The van der Waals surface area contributed by atoms with Crippen LogP contribution in [0, 0.1) is 5.92 Å². The van der Waals surface area contributed by atoms with Crippen LogP contribution in [0.3, 0.4) is 0 Å². The minimum atomic E-state index is -0.146. The Labute approximate surface area is 114 Å². The molecule has 102 valence electrons. The van der Waals surface area contributed by atoms with Crippen LogP contribution in [0.25, 0.3) is 0 Å². The van der Waals surface area contributed by atoms with E-state index in [9.17, 15) is 4.79 Å². The standard InChI is InChI=1S/C16H22N2O/c17-16(19)15-6-5-13-9-12(3-4-14(13)10-15)11-18-7-1-2-8-18/h3-4,9,15H,1-2,5-8,10-11H2,(H2,17,19). The molecule has 1 aliphatic carbocycles. The maximum atomic E-state index is 11.3. The highest BCUT2D eigenvalue weighted by atomic mass is 16.1. The fourth-order valence-electron chi connectivity index (χ4n) is 3.35. The molecule has 1 heterocycles. The molecule has 1 fully saturated rings. The zero-order valence-electron chi connectivity index (χ0n) is 11.4. The SMILES string of the molecule is NC(=O)C1CCc2cc(CN3CCCC3)ccc2C1. The molecular weight excluding hydrogens is 236 g/mol. The van der Waals surface area contributed by atoms with Crippen molar-refractivity contribution < 1.29 is 4.79 Å². The average molecular weight is 258 g/mol. The van der Waals surface area contributed by atoms with Gasteiger partial charge in [-0.2, -0.15) is 0 Å². The van der Waals surface area contributed by atoms with Gasteiger partial charge < -0.3 is 5.73 Å². The summed E-state index contributed by atoms with van der Waals surface area (Å²) in [6.45, 7) is 3.55. The summed E-state index contributed by atoms with van der Waals surface area (Å²) in [5.41, 5.74) is 9.58. The number of primary amides is 1. The van der Waals surface area contributed by atoms with Crippen molar-refractivity contribution in [2.45, 2.75) is 38.6 Å². The lowest BCUT2D eigenvalue weighted by Crippen LogP contribution is -2.28. The highest BCUT2D eigenvalue weighted by Crippen LogP contribution is 2.27. The van der Waals surface area contributed by atoms with Gasteiger partial charge in [0.1, 0.15) is 0 Å². The number of nitrogens with two attached hydrogens (primary N) is 1. The first-order chi connectivity index (χ1) is 9.22. The second-order valence-corrected chi connectivity index (χ2v) is 5.93. The Morgan fingerprint density at radius 2 is 2.05 bits per heavy atom. The van der Waals surface area contributed by atoms with Crippen LogP contribution in [-0.2, 0) is 24.2 Å². The van der Waals surface area contributed by atoms with Crippen molar-refractivity contribution >= 4 is 5.91 Å². The highest BCUT2D eigenvalue weighted by Gasteiger charge is 2.23. The number of aryl methyl sites for hydroxylation is 1. The molecule has 1 atom stereocenters. The quantitative estimate of drug-likeness (QED) is 0.899. The Morgan fingerprint density at radius 1 is 1.26 bits per heavy atom. The van der Waals surface area contributed by atoms with Crippen molar-refractivity contribution in [3.8, 4) is 0 Å². The minimum absolute atomic E-state index is 0.0388. The van der Waals surface area contributed by atoms with Gasteiger partial charge in [-0.15, -0.1) is 0 Å². The van der Waals surface area contributed by atoms with Crippen molar-refractivity contribution in [3.63, 3.8) is 0 Å². The Balaban J connectivity index is 1.72. The summed E-state index contributed by atoms with van der Waals surface area (Å²) in [5, 5.41) is 0. The minimum Gasteiger partial charge on any atom is -0.369 e. The van der Waals surface area contributed by atoms with Gasteiger partial charge in [-0.25, -0.2) is 0 Å². The van der Waals surface area contributed by atoms with Crippen molar-refractivity contribution in [1.82, 2.24) is 4.90 Å². The molecule has 0 spiro atoms. The predicted octanol–water partition coefficient (Wildman–Crippen LogP) is 1.87. The van der Waals surface area contributed by atoms with Gasteiger partial charge >= 0.3 is 0 Å². The van der Waals surface area contributed by atoms with E-state index in [1.54, 1.807) is 0 Å². The third-order valence-electron chi connectivity index (χ3n) is 4.51. The smallest absolute Gasteiger partial charge is 0.220 e. The summed E-state index contributed by atoms with van der Waals surface area (Å²) in [7, 11) is 0. The average Bonchev–Trinajstić information content (AvgIpc) is 2.91. The molecule has 0 saturated carbocycles. The van der Waals surface area contributed by atoms with Gasteiger partial charge in [-0.1, -0.05) is 18.2 Å². The molecular formula is C16H22N2O. The molecule has 1 aliphatic heterocycles. The van der Waals surface area contributed by atoms with Gasteiger partial charge in [0.15, 0.2) is 0 Å². The number of carbonyl (C=O) groups excluding carboxylic acids is 1. The van der Waals surface area contributed by atoms with Crippen molar-refractivity contribution in [3.05, 3.63) is 34.9 Å². The topological polar surface area (TPSA) is 46.3 Å². The molecule has 2 N–H and O–H groups in total. The van der Waals surface area contributed by atoms with Gasteiger partial charge in [0.2, 0.25) is 5.91 Å². The lowest BCUT2D eigenvalue weighted by molar-refractivity contribution is -0.122. The summed E-state index contributed by atoms with van der Waals surface area (Å²) in [4.78, 5) is 13.8. The van der Waals surface area contributed by atoms with E-state index in [0.29, 0.717) is 0 Å². The molecule has 2 aliphatic rings. The number of fused-ring (bicyclic) bond motifs is 1. The molecule has 3 heteroatoms. The molecule has 19 heavy (non-hydrogen) atoms. The first-order valence-corrected chi connectivity index (χ1v) is 7.35. The summed E-state index contributed by atoms with van der Waals surface area (Å²) in [6.07, 6.45) is 5.41. The molecule has 1 amide bonds. The van der Waals surface area contributed by atoms with Gasteiger partial charge in [-0.3, -0.25) is 9.69 Å². The van der Waals surface area contributed by atoms with E-state index in [4.69, 9.17) is 5.73 Å². The Hall–Kier alpha value is -1.35. The number of carbonyl (C=O) groups is 1. The molecule has 1 aromatic carbocycles. The lowest BCUT2D eigenvalue weighted by Gasteiger charge is -2.23. The summed E-state index contributed by atoms with van der Waals surface area (Å²) in [5.74, 6) is -0.108. The molecule has 0 radical (unpaired) electrons. The summed E-state index contributed by atoms with van der Waals surface area (Å²) in [6, 6.07) is 6.77. The van der Waals surface area contributed by atoms with E-state index >= 15 is 0 Å². The van der Waals surface area contributed by atoms with Crippen LogP contribution in [-0.4, -0.2) is 23.9 Å². The monoisotopic (exact) mass is 258 g/mol. The van der Waals surface area contributed by atoms with Crippen LogP contribution in [0.15, 0.2) is 18.2 Å². The fourth-order valence-corrected chi connectivity index (χ4v) is 3.35. The second-order valence-electron chi connectivity index (χ2n) is 5.93. The molecule has 0 aromatic heterocycles. The molecule has 0 bridgehead atoms. The second kappa shape index (κ2) is 5.33. The number of rotatable bonds is 3. The number of benzene rings is 1. The van der Waals surface area contributed by atoms with Crippen LogP contribution in [0.5, 0.6) is 0 Å². The van der Waals surface area contributed by atoms with Crippen LogP contribution in [0.4, 0.5) is 0 Å². The van der Waals surface area contributed by atoms with E-state index in [0.717, 1.165) is 25.8 Å². The van der Waals surface area contributed by atoms with E-state index in [-0.39, 0.29) is 11.8 Å². The Kier molecular flexibility index (Phi) is 3.56. The van der Waals surface area contributed by atoms with Gasteiger partial charge in [-0.05, 0) is 61.9 Å². The van der Waals surface area contributed by atoms with Crippen LogP contribution in [0.1, 0.15) is 36.0 Å². The summed E-state index contributed by atoms with van der Waals surface area (Å²) >= 11 is 0. The number of amides is 1. The van der Waals surface area contributed by atoms with Crippen LogP contribution in [0.2, 0.25) is 0 Å². The third-order valence-corrected chi connectivity index (χ3v) is 4.51. The van der Waals surface area contributed by atoms with E-state index in [1.165, 1.54) is 42.6 Å². The number of hydrogen-bond acceptors (Lipinski definition) is 2. The highest BCUT2D eigenvalue weighted by molar-refractivity contribution is 5.77. The normalized spacial score (nSPS) is 23.3. The van der Waals surface area contributed by atoms with Crippen molar-refractivity contribution in [1.29, 1.82) is 0 Å². The number of likely N-dealkylation sites (tertiary alicyclic amines) is 1. The van der Waals surface area contributed by atoms with Crippen molar-refractivity contribution in [2.24, 2.45) is 11.7 Å². The first kappa shape index (κ1) is 12.7. The fraction of sp³-hybridized carbons (Fsp3) is 0.562. The molecule has 1 aromatic rings. The zero-order valence-corrected chi connectivity index (χ0v) is 11.4. The number of nitrogens with zero attached hydrogens (tertiary/aromatic N) is 1. The predicted molar refractivity (Wildman–Crippen MR) is 75.7 cm³/mol. The lowest BCUT2D eigenvalue weighted by atomic mass is 9.83. The maximum absolute atomic E-state index is 11.3. The first-order valence-electron chi connectivity index (χ1n) is 7.35. The third kappa shape index (κ3) is 2.81. The number of hydrogen-bond donors (Lipinski definition) is 1. The maximum Gasteiger partial charge on any atom is 0.220 e. The molecule has 3 nitrogen and oxygen atoms in total.